The molecule has 1 aromatic carbocycles. The van der Waals surface area contributed by atoms with Crippen LogP contribution in [0.3, 0.4) is 0 Å². The predicted molar refractivity (Wildman–Crippen MR) is 73.5 cm³/mol. The fraction of sp³-hybridized carbons (Fsp3) is 0.375. The number of aryl methyl sites for hydroxylation is 1. The van der Waals surface area contributed by atoms with E-state index in [2.05, 4.69) is 5.10 Å². The third-order valence-corrected chi connectivity index (χ3v) is 4.43. The molecule has 2 aliphatic rings. The molecule has 2 aromatic rings. The molecule has 2 aliphatic carbocycles. The minimum absolute atomic E-state index is 0.0399. The largest absolute Gasteiger partial charge is 0.456 e. The number of fused-ring (bicyclic) bond motifs is 3. The van der Waals surface area contributed by atoms with Crippen molar-refractivity contribution in [3.63, 3.8) is 0 Å². The molecule has 0 saturated heterocycles. The van der Waals surface area contributed by atoms with Crippen LogP contribution in [0.15, 0.2) is 30.3 Å². The first-order valence-corrected chi connectivity index (χ1v) is 7.16. The highest BCUT2D eigenvalue weighted by Gasteiger charge is 2.67. The van der Waals surface area contributed by atoms with Crippen molar-refractivity contribution >= 4 is 5.97 Å². The second-order valence-electron chi connectivity index (χ2n) is 5.87. The van der Waals surface area contributed by atoms with Crippen molar-refractivity contribution in [3.05, 3.63) is 52.8 Å². The number of alkyl halides is 2. The van der Waals surface area contributed by atoms with Gasteiger partial charge in [0.25, 0.3) is 5.92 Å². The fourth-order valence-electron chi connectivity index (χ4n) is 3.32. The van der Waals surface area contributed by atoms with Crippen LogP contribution in [0.25, 0.3) is 0 Å². The van der Waals surface area contributed by atoms with E-state index in [9.17, 15) is 13.6 Å². The number of rotatable bonds is 3. The Balaban J connectivity index is 1.60. The molecule has 0 radical (unpaired) electrons. The Morgan fingerprint density at radius 1 is 1.41 bits per heavy atom. The maximum atomic E-state index is 14.1. The molecule has 6 heteroatoms. The molecule has 0 bridgehead atoms. The average molecular weight is 304 g/mol. The lowest BCUT2D eigenvalue weighted by Crippen LogP contribution is -2.18. The monoisotopic (exact) mass is 304 g/mol. The second-order valence-corrected chi connectivity index (χ2v) is 5.87. The molecule has 22 heavy (non-hydrogen) atoms. The summed E-state index contributed by atoms with van der Waals surface area (Å²) in [4.78, 5) is 12.2. The van der Waals surface area contributed by atoms with Crippen LogP contribution < -0.4 is 0 Å². The zero-order valence-corrected chi connectivity index (χ0v) is 11.9. The molecule has 2 unspecified atom stereocenters. The lowest BCUT2D eigenvalue weighted by molar-refractivity contribution is -0.0302. The maximum Gasteiger partial charge on any atom is 0.359 e. The Labute approximate surface area is 125 Å². The standard InChI is InChI=1S/C16H14F2N2O2/c1-20-14-12(10-7-11(10)16(14,17)18)13(19-20)15(21)22-8-9-5-3-2-4-6-9/h2-6,10-11H,7-8H2,1H3. The molecular weight excluding hydrogens is 290 g/mol. The van der Waals surface area contributed by atoms with Gasteiger partial charge in [0.05, 0.1) is 0 Å². The van der Waals surface area contributed by atoms with Crippen LogP contribution in [-0.2, 0) is 24.3 Å². The fourth-order valence-corrected chi connectivity index (χ4v) is 3.32. The van der Waals surface area contributed by atoms with Gasteiger partial charge in [-0.05, 0) is 17.9 Å². The molecule has 0 aliphatic heterocycles. The third kappa shape index (κ3) is 1.79. The number of halogens is 2. The molecule has 1 fully saturated rings. The second kappa shape index (κ2) is 4.38. The van der Waals surface area contributed by atoms with Crippen LogP contribution in [0, 0.1) is 5.92 Å². The SMILES string of the molecule is Cn1nc(C(=O)OCc2ccccc2)c2c1C(F)(F)C1CC21. The van der Waals surface area contributed by atoms with E-state index < -0.39 is 17.8 Å². The highest BCUT2D eigenvalue weighted by molar-refractivity contribution is 5.90. The van der Waals surface area contributed by atoms with Gasteiger partial charge in [-0.25, -0.2) is 4.79 Å². The Morgan fingerprint density at radius 3 is 2.86 bits per heavy atom. The van der Waals surface area contributed by atoms with E-state index in [-0.39, 0.29) is 23.9 Å². The zero-order chi connectivity index (χ0) is 15.5. The van der Waals surface area contributed by atoms with E-state index in [4.69, 9.17) is 4.74 Å². The van der Waals surface area contributed by atoms with Gasteiger partial charge in [0.15, 0.2) is 5.69 Å². The van der Waals surface area contributed by atoms with Crippen molar-refractivity contribution in [2.75, 3.05) is 0 Å². The van der Waals surface area contributed by atoms with Gasteiger partial charge < -0.3 is 4.74 Å². The summed E-state index contributed by atoms with van der Waals surface area (Å²) >= 11 is 0. The lowest BCUT2D eigenvalue weighted by atomic mass is 10.1. The third-order valence-electron chi connectivity index (χ3n) is 4.43. The van der Waals surface area contributed by atoms with Crippen molar-refractivity contribution in [2.24, 2.45) is 13.0 Å². The Morgan fingerprint density at radius 2 is 2.14 bits per heavy atom. The van der Waals surface area contributed by atoms with Crippen LogP contribution in [0.4, 0.5) is 8.78 Å². The van der Waals surface area contributed by atoms with Gasteiger partial charge >= 0.3 is 5.97 Å². The van der Waals surface area contributed by atoms with Crippen molar-refractivity contribution in [3.8, 4) is 0 Å². The molecule has 4 nitrogen and oxygen atoms in total. The normalized spacial score (nSPS) is 23.8. The number of nitrogens with zero attached hydrogens (tertiary/aromatic N) is 2. The number of esters is 1. The molecule has 114 valence electrons. The molecular formula is C16H14F2N2O2. The first kappa shape index (κ1) is 13.4. The van der Waals surface area contributed by atoms with E-state index in [1.807, 2.05) is 30.3 Å². The summed E-state index contributed by atoms with van der Waals surface area (Å²) < 4.78 is 34.6. The lowest BCUT2D eigenvalue weighted by Gasteiger charge is -2.12. The summed E-state index contributed by atoms with van der Waals surface area (Å²) in [6, 6.07) is 9.22. The Kier molecular flexibility index (Phi) is 2.67. The topological polar surface area (TPSA) is 44.1 Å². The van der Waals surface area contributed by atoms with Crippen LogP contribution in [0.2, 0.25) is 0 Å². The van der Waals surface area contributed by atoms with E-state index in [1.54, 1.807) is 0 Å². The molecule has 1 heterocycles. The van der Waals surface area contributed by atoms with E-state index >= 15 is 0 Å². The number of hydrogen-bond acceptors (Lipinski definition) is 3. The maximum absolute atomic E-state index is 14.1. The number of hydrogen-bond donors (Lipinski definition) is 0. The predicted octanol–water partition coefficient (Wildman–Crippen LogP) is 2.99. The van der Waals surface area contributed by atoms with Gasteiger partial charge in [0.1, 0.15) is 12.3 Å². The zero-order valence-electron chi connectivity index (χ0n) is 11.9. The van der Waals surface area contributed by atoms with Crippen molar-refractivity contribution in [1.29, 1.82) is 0 Å². The Hall–Kier alpha value is -2.24. The average Bonchev–Trinajstić information content (AvgIpc) is 3.17. The molecule has 0 amide bonds. The van der Waals surface area contributed by atoms with Gasteiger partial charge in [-0.3, -0.25) is 4.68 Å². The van der Waals surface area contributed by atoms with E-state index in [0.717, 1.165) is 10.2 Å². The number of benzene rings is 1. The van der Waals surface area contributed by atoms with Crippen LogP contribution in [0.5, 0.6) is 0 Å². The number of carbonyl (C=O) groups is 1. The van der Waals surface area contributed by atoms with Crippen LogP contribution in [0.1, 0.15) is 39.6 Å². The van der Waals surface area contributed by atoms with Gasteiger partial charge in [0.2, 0.25) is 0 Å². The minimum atomic E-state index is -2.89. The number of carbonyl (C=O) groups excluding carboxylic acids is 1. The highest BCUT2D eigenvalue weighted by atomic mass is 19.3. The minimum Gasteiger partial charge on any atom is -0.456 e. The quantitative estimate of drug-likeness (QED) is 0.819. The van der Waals surface area contributed by atoms with Gasteiger partial charge in [0, 0.05) is 18.5 Å². The molecule has 1 saturated carbocycles. The van der Waals surface area contributed by atoms with Gasteiger partial charge in [-0.15, -0.1) is 0 Å². The van der Waals surface area contributed by atoms with E-state index in [1.165, 1.54) is 7.05 Å². The first-order chi connectivity index (χ1) is 10.5. The summed E-state index contributed by atoms with van der Waals surface area (Å²) in [7, 11) is 1.45. The molecule has 0 spiro atoms. The summed E-state index contributed by atoms with van der Waals surface area (Å²) in [6.07, 6.45) is 0.421. The van der Waals surface area contributed by atoms with Crippen molar-refractivity contribution < 1.29 is 18.3 Å². The summed E-state index contributed by atoms with van der Waals surface area (Å²) in [5.41, 5.74) is 1.15. The summed E-state index contributed by atoms with van der Waals surface area (Å²) in [5, 5.41) is 3.98. The van der Waals surface area contributed by atoms with Gasteiger partial charge in [-0.2, -0.15) is 13.9 Å². The molecule has 0 N–H and O–H groups in total. The summed E-state index contributed by atoms with van der Waals surface area (Å²) in [6.45, 7) is 0.107. The molecule has 4 rings (SSSR count). The molecule has 1 aromatic heterocycles. The van der Waals surface area contributed by atoms with Crippen LogP contribution in [-0.4, -0.2) is 15.7 Å². The smallest absolute Gasteiger partial charge is 0.359 e. The Bertz CT molecular complexity index is 755. The van der Waals surface area contributed by atoms with Crippen LogP contribution >= 0.6 is 0 Å². The molecule has 2 atom stereocenters. The van der Waals surface area contributed by atoms with Crippen molar-refractivity contribution in [2.45, 2.75) is 24.9 Å². The van der Waals surface area contributed by atoms with Crippen molar-refractivity contribution in [1.82, 2.24) is 9.78 Å². The summed E-state index contributed by atoms with van der Waals surface area (Å²) in [5.74, 6) is -4.45. The first-order valence-electron chi connectivity index (χ1n) is 7.16. The van der Waals surface area contributed by atoms with E-state index in [0.29, 0.717) is 12.0 Å². The highest BCUT2D eigenvalue weighted by Crippen LogP contribution is 2.67. The number of aromatic nitrogens is 2. The number of ether oxygens (including phenoxy) is 1. The van der Waals surface area contributed by atoms with Gasteiger partial charge in [-0.1, -0.05) is 30.3 Å².